The Morgan fingerprint density at radius 3 is 2.83 bits per heavy atom. The number of aromatic amines is 1. The van der Waals surface area contributed by atoms with Crippen molar-refractivity contribution in [2.45, 2.75) is 37.0 Å². The van der Waals surface area contributed by atoms with Gasteiger partial charge in [-0.05, 0) is 18.9 Å². The smallest absolute Gasteiger partial charge is 0.364 e. The summed E-state index contributed by atoms with van der Waals surface area (Å²) in [6.07, 6.45) is 0.110. The summed E-state index contributed by atoms with van der Waals surface area (Å²) >= 11 is 0. The molecule has 11 heteroatoms. The first-order valence-electron chi connectivity index (χ1n) is 9.58. The molecule has 2 aromatic heterocycles. The zero-order chi connectivity index (χ0) is 21.5. The average molecular weight is 422 g/mol. The first-order chi connectivity index (χ1) is 14.2. The van der Waals surface area contributed by atoms with Crippen molar-refractivity contribution >= 4 is 28.7 Å². The number of anilines is 1. The molecule has 1 aliphatic heterocycles. The lowest BCUT2D eigenvalue weighted by Gasteiger charge is -2.19. The van der Waals surface area contributed by atoms with E-state index in [1.165, 1.54) is 18.5 Å². The zero-order valence-corrected chi connectivity index (χ0v) is 16.0. The fourth-order valence-corrected chi connectivity index (χ4v) is 3.99. The molecule has 160 valence electrons. The molecule has 3 unspecified atom stereocenters. The summed E-state index contributed by atoms with van der Waals surface area (Å²) < 4.78 is 36.9. The van der Waals surface area contributed by atoms with Crippen LogP contribution in [0, 0.1) is 5.92 Å². The molecule has 0 aromatic carbocycles. The molecule has 1 amide bonds. The highest BCUT2D eigenvalue weighted by molar-refractivity contribution is 6.04. The van der Waals surface area contributed by atoms with Crippen LogP contribution in [0.5, 0.6) is 0 Å². The van der Waals surface area contributed by atoms with Crippen LogP contribution in [0.25, 0.3) is 11.2 Å². The number of carbonyl (C=O) groups excluding carboxylic acids is 2. The summed E-state index contributed by atoms with van der Waals surface area (Å²) in [5.74, 6) is -0.336. The molecular formula is C19H21F3N6O2. The largest absolute Gasteiger partial charge is 0.390 e. The predicted octanol–water partition coefficient (Wildman–Crippen LogP) is 1.93. The number of carbonyl (C=O) groups is 2. The number of nitrogens with one attached hydrogen (secondary N) is 4. The van der Waals surface area contributed by atoms with Crippen LogP contribution in [-0.2, 0) is 4.79 Å². The van der Waals surface area contributed by atoms with Gasteiger partial charge >= 0.3 is 6.18 Å². The number of alkyl halides is 3. The third kappa shape index (κ3) is 4.02. The topological polar surface area (TPSA) is 122 Å². The van der Waals surface area contributed by atoms with Gasteiger partial charge in [0.25, 0.3) is 5.91 Å². The number of fused-ring (bicyclic) bond motifs is 1. The van der Waals surface area contributed by atoms with Crippen LogP contribution < -0.4 is 16.0 Å². The Morgan fingerprint density at radius 1 is 1.40 bits per heavy atom. The van der Waals surface area contributed by atoms with Crippen LogP contribution in [0.15, 0.2) is 25.0 Å². The Hall–Kier alpha value is -2.95. The van der Waals surface area contributed by atoms with E-state index in [9.17, 15) is 22.8 Å². The quantitative estimate of drug-likeness (QED) is 0.400. The van der Waals surface area contributed by atoms with Crippen molar-refractivity contribution in [3.63, 3.8) is 0 Å². The predicted molar refractivity (Wildman–Crippen MR) is 103 cm³/mol. The lowest BCUT2D eigenvalue weighted by molar-refractivity contribution is -0.133. The maximum absolute atomic E-state index is 12.3. The van der Waals surface area contributed by atoms with E-state index >= 15 is 0 Å². The van der Waals surface area contributed by atoms with Gasteiger partial charge in [-0.2, -0.15) is 13.2 Å². The van der Waals surface area contributed by atoms with Crippen molar-refractivity contribution in [1.29, 1.82) is 0 Å². The van der Waals surface area contributed by atoms with Gasteiger partial charge in [-0.15, -0.1) is 0 Å². The van der Waals surface area contributed by atoms with Gasteiger partial charge in [0.15, 0.2) is 11.4 Å². The van der Waals surface area contributed by atoms with Gasteiger partial charge in [-0.1, -0.05) is 6.58 Å². The lowest BCUT2D eigenvalue weighted by Crippen LogP contribution is -2.34. The fraction of sp³-hybridized carbons (Fsp3) is 0.474. The van der Waals surface area contributed by atoms with Crippen molar-refractivity contribution in [2.75, 3.05) is 18.4 Å². The molecule has 30 heavy (non-hydrogen) atoms. The second-order valence-corrected chi connectivity index (χ2v) is 7.73. The Bertz CT molecular complexity index is 998. The van der Waals surface area contributed by atoms with Crippen LogP contribution in [0.1, 0.15) is 29.6 Å². The lowest BCUT2D eigenvalue weighted by atomic mass is 10.0. The van der Waals surface area contributed by atoms with Crippen LogP contribution in [0.3, 0.4) is 0 Å². The van der Waals surface area contributed by atoms with Crippen molar-refractivity contribution in [1.82, 2.24) is 25.6 Å². The van der Waals surface area contributed by atoms with Gasteiger partial charge in [-0.25, -0.2) is 9.97 Å². The average Bonchev–Trinajstić information content (AvgIpc) is 3.20. The number of halogens is 3. The third-order valence-electron chi connectivity index (χ3n) is 5.67. The molecule has 4 rings (SSSR count). The van der Waals surface area contributed by atoms with E-state index in [0.29, 0.717) is 24.3 Å². The summed E-state index contributed by atoms with van der Waals surface area (Å²) in [7, 11) is 0. The van der Waals surface area contributed by atoms with Crippen LogP contribution in [0.4, 0.5) is 19.0 Å². The number of rotatable bonds is 7. The van der Waals surface area contributed by atoms with Crippen molar-refractivity contribution < 1.29 is 22.8 Å². The van der Waals surface area contributed by atoms with Gasteiger partial charge in [0, 0.05) is 31.2 Å². The van der Waals surface area contributed by atoms with Crippen molar-refractivity contribution in [3.8, 4) is 0 Å². The van der Waals surface area contributed by atoms with Crippen molar-refractivity contribution in [3.05, 3.63) is 30.6 Å². The van der Waals surface area contributed by atoms with E-state index in [1.807, 2.05) is 0 Å². The van der Waals surface area contributed by atoms with Gasteiger partial charge in [0.1, 0.15) is 11.3 Å². The number of hydrogen-bond donors (Lipinski definition) is 4. The van der Waals surface area contributed by atoms with Gasteiger partial charge < -0.3 is 20.9 Å². The summed E-state index contributed by atoms with van der Waals surface area (Å²) in [5.41, 5.74) is 0.565. The van der Waals surface area contributed by atoms with Crippen LogP contribution >= 0.6 is 0 Å². The Labute approximate surface area is 169 Å². The molecule has 1 aliphatic carbocycles. The second kappa shape index (κ2) is 7.38. The Kier molecular flexibility index (Phi) is 5.00. The molecule has 2 fully saturated rings. The van der Waals surface area contributed by atoms with E-state index in [1.54, 1.807) is 0 Å². The summed E-state index contributed by atoms with van der Waals surface area (Å²) in [4.78, 5) is 35.8. The fourth-order valence-electron chi connectivity index (χ4n) is 3.99. The first kappa shape index (κ1) is 20.3. The van der Waals surface area contributed by atoms with Crippen molar-refractivity contribution in [2.24, 2.45) is 5.92 Å². The van der Waals surface area contributed by atoms with E-state index in [0.717, 1.165) is 6.54 Å². The number of H-pyrrole nitrogens is 1. The van der Waals surface area contributed by atoms with Crippen LogP contribution in [0.2, 0.25) is 0 Å². The van der Waals surface area contributed by atoms with E-state index < -0.39 is 25.0 Å². The summed E-state index contributed by atoms with van der Waals surface area (Å²) in [6.45, 7) is 3.83. The molecule has 4 N–H and O–H groups in total. The monoisotopic (exact) mass is 422 g/mol. The number of nitrogens with zero attached hydrogens (tertiary/aromatic N) is 2. The summed E-state index contributed by atoms with van der Waals surface area (Å²) in [5, 5.41) is 8.87. The number of ketones is 1. The minimum absolute atomic E-state index is 0.0114. The SMILES string of the molecule is C=CC(=O)C1CC(Nc2cnc3[nH]cc(C(=O)NCCC(F)(F)F)c3n2)C2(CN2)C1. The molecule has 0 bridgehead atoms. The minimum atomic E-state index is -4.34. The first-order valence-corrected chi connectivity index (χ1v) is 9.58. The molecule has 3 heterocycles. The summed E-state index contributed by atoms with van der Waals surface area (Å²) in [6, 6.07) is -0.0406. The van der Waals surface area contributed by atoms with E-state index in [4.69, 9.17) is 0 Å². The highest BCUT2D eigenvalue weighted by Crippen LogP contribution is 2.43. The zero-order valence-electron chi connectivity index (χ0n) is 16.0. The molecular weight excluding hydrogens is 401 g/mol. The maximum atomic E-state index is 12.3. The molecule has 3 atom stereocenters. The Morgan fingerprint density at radius 2 is 2.17 bits per heavy atom. The third-order valence-corrected chi connectivity index (χ3v) is 5.67. The number of aromatic nitrogens is 3. The van der Waals surface area contributed by atoms with Crippen LogP contribution in [-0.4, -0.2) is 57.5 Å². The number of allylic oxidation sites excluding steroid dienone is 1. The normalized spacial score (nSPS) is 25.4. The molecule has 8 nitrogen and oxygen atoms in total. The maximum Gasteiger partial charge on any atom is 0.390 e. The van der Waals surface area contributed by atoms with Gasteiger partial charge in [-0.3, -0.25) is 9.59 Å². The molecule has 2 aromatic rings. The molecule has 2 aliphatic rings. The number of hydrogen-bond acceptors (Lipinski definition) is 6. The van der Waals surface area contributed by atoms with E-state index in [2.05, 4.69) is 37.5 Å². The molecule has 1 spiro atoms. The number of amides is 1. The van der Waals surface area contributed by atoms with Gasteiger partial charge in [0.05, 0.1) is 23.7 Å². The Balaban J connectivity index is 1.48. The standard InChI is InChI=1S/C19H21F3N6O2/c1-2-12(29)10-5-13(18(6-10)9-26-18)27-14-8-25-16-15(28-14)11(7-24-16)17(30)23-4-3-19(20,21)22/h2,7-8,10,13,26H,1,3-6,9H2,(H,23,30)(H,24,25)(H,27,28). The highest BCUT2D eigenvalue weighted by atomic mass is 19.4. The molecule has 1 saturated heterocycles. The van der Waals surface area contributed by atoms with Gasteiger partial charge in [0.2, 0.25) is 0 Å². The minimum Gasteiger partial charge on any atom is -0.364 e. The second-order valence-electron chi connectivity index (χ2n) is 7.73. The molecule has 1 saturated carbocycles. The molecule has 0 radical (unpaired) electrons. The highest BCUT2D eigenvalue weighted by Gasteiger charge is 2.56. The van der Waals surface area contributed by atoms with E-state index in [-0.39, 0.29) is 34.4 Å².